The van der Waals surface area contributed by atoms with Crippen LogP contribution in [-0.2, 0) is 6.54 Å². The van der Waals surface area contributed by atoms with Gasteiger partial charge in [0.2, 0.25) is 0 Å². The Morgan fingerprint density at radius 3 is 1.62 bits per heavy atom. The Balaban J connectivity index is -0.000000464. The van der Waals surface area contributed by atoms with Crippen LogP contribution in [0.25, 0.3) is 11.1 Å². The van der Waals surface area contributed by atoms with Crippen LogP contribution in [0.5, 0.6) is 0 Å². The summed E-state index contributed by atoms with van der Waals surface area (Å²) in [4.78, 5) is 0. The molecule has 1 heterocycles. The van der Waals surface area contributed by atoms with Crippen molar-refractivity contribution in [2.24, 2.45) is 5.73 Å². The minimum absolute atomic E-state index is 0.554. The molecule has 0 aromatic heterocycles. The van der Waals surface area contributed by atoms with E-state index in [2.05, 4.69) is 44.9 Å². The number of nitrogens with two attached hydrogens (primary N) is 1. The third-order valence-electron chi connectivity index (χ3n) is 4.17. The van der Waals surface area contributed by atoms with Crippen LogP contribution in [0.15, 0.2) is 67.9 Å². The smallest absolute Gasteiger partial charge is 0.136 e. The summed E-state index contributed by atoms with van der Waals surface area (Å²) in [5.74, 6) is -1.11. The topological polar surface area (TPSA) is 38.0 Å². The third-order valence-corrected chi connectivity index (χ3v) is 4.17. The molecule has 0 unspecified atom stereocenters. The molecule has 5 heteroatoms. The predicted molar refractivity (Wildman–Crippen MR) is 153 cm³/mol. The number of allylic oxidation sites excluding steroid dienone is 1. The average molecular weight is 475 g/mol. The summed E-state index contributed by atoms with van der Waals surface area (Å²) >= 11 is 0. The number of halogens is 2. The first-order chi connectivity index (χ1) is 16.3. The molecule has 0 bridgehead atoms. The second-order valence-electron chi connectivity index (χ2n) is 7.63. The molecule has 0 amide bonds. The van der Waals surface area contributed by atoms with E-state index in [9.17, 15) is 8.78 Å². The van der Waals surface area contributed by atoms with Crippen LogP contribution < -0.4 is 11.1 Å². The molecule has 192 valence electrons. The number of benzene rings is 2. The molecule has 3 rings (SSSR count). The van der Waals surface area contributed by atoms with E-state index in [1.807, 2.05) is 52.1 Å². The van der Waals surface area contributed by atoms with Crippen molar-refractivity contribution in [3.8, 4) is 11.1 Å². The highest BCUT2D eigenvalue weighted by Crippen LogP contribution is 2.22. The molecule has 2 aromatic carbocycles. The van der Waals surface area contributed by atoms with Gasteiger partial charge in [-0.3, -0.25) is 0 Å². The number of nitrogens with one attached hydrogen (secondary N) is 1. The molecule has 2 aromatic rings. The van der Waals surface area contributed by atoms with Crippen LogP contribution in [0.2, 0.25) is 19.5 Å². The summed E-state index contributed by atoms with van der Waals surface area (Å²) in [6.07, 6.45) is 10.2. The van der Waals surface area contributed by atoms with Crippen LogP contribution in [0.3, 0.4) is 0 Å². The normalized spacial score (nSPS) is 10.7. The van der Waals surface area contributed by atoms with Crippen LogP contribution in [0, 0.1) is 11.6 Å². The van der Waals surface area contributed by atoms with Gasteiger partial charge in [0.15, 0.2) is 0 Å². The van der Waals surface area contributed by atoms with Crippen molar-refractivity contribution in [3.63, 3.8) is 0 Å². The Bertz CT molecular complexity index is 686. The second-order valence-corrected chi connectivity index (χ2v) is 7.63. The molecule has 3 N–H and O–H groups in total. The fourth-order valence-electron chi connectivity index (χ4n) is 2.87. The monoisotopic (exact) mass is 474 g/mol. The van der Waals surface area contributed by atoms with Crippen molar-refractivity contribution in [2.75, 3.05) is 7.05 Å². The third kappa shape index (κ3) is 21.5. The van der Waals surface area contributed by atoms with Crippen LogP contribution in [0.4, 0.5) is 8.78 Å². The lowest BCUT2D eigenvalue weighted by Crippen LogP contribution is -2.04. The number of hydrogen-bond acceptors (Lipinski definition) is 2. The zero-order valence-electron chi connectivity index (χ0n) is 22.8. The van der Waals surface area contributed by atoms with Gasteiger partial charge in [0.25, 0.3) is 0 Å². The SMILES string of the molecule is C=CC.C=CN.CB1CCCC1.CC.CCC.CNCc1ccc(-c2cc(F)cc(F)c2)cc1. The van der Waals surface area contributed by atoms with Crippen molar-refractivity contribution in [1.29, 1.82) is 0 Å². The Kier molecular flexibility index (Phi) is 28.6. The summed E-state index contributed by atoms with van der Waals surface area (Å²) in [6, 6.07) is 11.1. The molecule has 1 saturated heterocycles. The van der Waals surface area contributed by atoms with Gasteiger partial charge < -0.3 is 11.1 Å². The molecular weight excluding hydrogens is 425 g/mol. The molecule has 0 radical (unpaired) electrons. The predicted octanol–water partition coefficient (Wildman–Crippen LogP) is 8.98. The quantitative estimate of drug-likeness (QED) is 0.344. The zero-order valence-corrected chi connectivity index (χ0v) is 22.8. The van der Waals surface area contributed by atoms with Crippen molar-refractivity contribution >= 4 is 6.71 Å². The lowest BCUT2D eigenvalue weighted by molar-refractivity contribution is 0.584. The van der Waals surface area contributed by atoms with E-state index in [0.717, 1.165) is 30.5 Å². The van der Waals surface area contributed by atoms with E-state index < -0.39 is 11.6 Å². The average Bonchev–Trinajstić information content (AvgIpc) is 3.28. The molecule has 0 atom stereocenters. The highest BCUT2D eigenvalue weighted by Gasteiger charge is 2.11. The van der Waals surface area contributed by atoms with Gasteiger partial charge in [-0.05, 0) is 49.0 Å². The highest BCUT2D eigenvalue weighted by atomic mass is 19.1. The highest BCUT2D eigenvalue weighted by molar-refractivity contribution is 6.58. The summed E-state index contributed by atoms with van der Waals surface area (Å²) in [7, 11) is 1.87. The van der Waals surface area contributed by atoms with Gasteiger partial charge >= 0.3 is 0 Å². The number of hydrogen-bond donors (Lipinski definition) is 2. The zero-order chi connectivity index (χ0) is 26.8. The second kappa shape index (κ2) is 26.9. The Morgan fingerprint density at radius 1 is 0.941 bits per heavy atom. The fraction of sp³-hybridized carbons (Fsp3) is 0.448. The van der Waals surface area contributed by atoms with Crippen molar-refractivity contribution in [3.05, 3.63) is 85.1 Å². The molecule has 1 fully saturated rings. The molecule has 0 aliphatic carbocycles. The minimum Gasteiger partial charge on any atom is -0.405 e. The molecule has 1 aliphatic rings. The van der Waals surface area contributed by atoms with Crippen molar-refractivity contribution in [2.45, 2.75) is 79.9 Å². The lowest BCUT2D eigenvalue weighted by atomic mass is 9.51. The summed E-state index contributed by atoms with van der Waals surface area (Å²) in [6.45, 7) is 20.8. The largest absolute Gasteiger partial charge is 0.405 e. The lowest BCUT2D eigenvalue weighted by Gasteiger charge is -2.04. The van der Waals surface area contributed by atoms with Gasteiger partial charge in [0, 0.05) is 12.6 Å². The van der Waals surface area contributed by atoms with Gasteiger partial charge in [-0.25, -0.2) is 8.78 Å². The van der Waals surface area contributed by atoms with Crippen molar-refractivity contribution < 1.29 is 8.78 Å². The Hall–Kier alpha value is -2.40. The van der Waals surface area contributed by atoms with E-state index in [4.69, 9.17) is 0 Å². The minimum atomic E-state index is -0.556. The maximum atomic E-state index is 13.1. The van der Waals surface area contributed by atoms with Gasteiger partial charge in [-0.2, -0.15) is 0 Å². The van der Waals surface area contributed by atoms with E-state index >= 15 is 0 Å². The molecule has 2 nitrogen and oxygen atoms in total. The first-order valence-electron chi connectivity index (χ1n) is 12.4. The van der Waals surface area contributed by atoms with E-state index in [1.54, 1.807) is 6.08 Å². The maximum Gasteiger partial charge on any atom is 0.136 e. The first-order valence-corrected chi connectivity index (χ1v) is 12.4. The summed E-state index contributed by atoms with van der Waals surface area (Å²) in [5, 5.41) is 3.04. The first kappa shape index (κ1) is 36.2. The summed E-state index contributed by atoms with van der Waals surface area (Å²) in [5.41, 5.74) is 7.11. The molecule has 34 heavy (non-hydrogen) atoms. The van der Waals surface area contributed by atoms with Crippen LogP contribution in [-0.4, -0.2) is 13.8 Å². The van der Waals surface area contributed by atoms with Crippen molar-refractivity contribution in [1.82, 2.24) is 5.32 Å². The maximum absolute atomic E-state index is 13.1. The van der Waals surface area contributed by atoms with E-state index in [0.29, 0.717) is 5.56 Å². The standard InChI is InChI=1S/C14H13F2N.C5H11B.C3H8.C3H6.C2H5N.C2H6/c1-17-9-10-2-4-11(5-3-10)12-6-13(15)8-14(16)7-12;1-6-4-2-3-5-6;2*1-3-2;1-2-3;1-2/h2-8,17H,9H2,1H3;2-5H2,1H3;3H2,1-2H3;3H,1H2,2H3;2H,1,3H2;1-2H3. The Labute approximate surface area is 209 Å². The van der Waals surface area contributed by atoms with Gasteiger partial charge in [-0.1, -0.05) is 103 Å². The van der Waals surface area contributed by atoms with Gasteiger partial charge in [0.05, 0.1) is 0 Å². The van der Waals surface area contributed by atoms with Gasteiger partial charge in [0.1, 0.15) is 18.3 Å². The van der Waals surface area contributed by atoms with Gasteiger partial charge in [-0.15, -0.1) is 6.58 Å². The summed E-state index contributed by atoms with van der Waals surface area (Å²) < 4.78 is 26.1. The molecule has 0 spiro atoms. The Morgan fingerprint density at radius 2 is 1.32 bits per heavy atom. The molecule has 0 saturated carbocycles. The van der Waals surface area contributed by atoms with Crippen LogP contribution in [0.1, 0.15) is 59.4 Å². The fourth-order valence-corrected chi connectivity index (χ4v) is 2.87. The number of rotatable bonds is 3. The van der Waals surface area contributed by atoms with E-state index in [1.165, 1.54) is 50.2 Å². The molecule has 1 aliphatic heterocycles. The van der Waals surface area contributed by atoms with E-state index in [-0.39, 0.29) is 0 Å². The molecular formula is C29H49BF2N2. The van der Waals surface area contributed by atoms with Crippen LogP contribution >= 0.6 is 0 Å².